The Morgan fingerprint density at radius 2 is 1.93 bits per heavy atom. The van der Waals surface area contributed by atoms with Gasteiger partial charge in [-0.3, -0.25) is 0 Å². The zero-order chi connectivity index (χ0) is 10.9. The molecule has 0 fully saturated rings. The van der Waals surface area contributed by atoms with Crippen LogP contribution in [0.3, 0.4) is 0 Å². The second-order valence-electron chi connectivity index (χ2n) is 4.43. The van der Waals surface area contributed by atoms with Crippen LogP contribution in [0.5, 0.6) is 0 Å². The summed E-state index contributed by atoms with van der Waals surface area (Å²) in [6, 6.07) is 5.51. The lowest BCUT2D eigenvalue weighted by Crippen LogP contribution is -2.18. The lowest BCUT2D eigenvalue weighted by Gasteiger charge is -2.27. The van der Waals surface area contributed by atoms with Gasteiger partial charge in [-0.15, -0.1) is 0 Å². The quantitative estimate of drug-likeness (QED) is 0.816. The van der Waals surface area contributed by atoms with Crippen LogP contribution >= 0.6 is 27.5 Å². The van der Waals surface area contributed by atoms with Crippen LogP contribution in [0.4, 0.5) is 0 Å². The van der Waals surface area contributed by atoms with E-state index >= 15 is 0 Å². The van der Waals surface area contributed by atoms with Gasteiger partial charge in [0, 0.05) is 15.1 Å². The molecule has 1 nitrogen and oxygen atoms in total. The van der Waals surface area contributed by atoms with Gasteiger partial charge in [0.05, 0.1) is 6.10 Å². The Kier molecular flexibility index (Phi) is 3.62. The molecule has 1 atom stereocenters. The number of halogens is 2. The molecule has 1 rings (SSSR count). The van der Waals surface area contributed by atoms with Crippen molar-refractivity contribution >= 4 is 27.5 Å². The van der Waals surface area contributed by atoms with E-state index in [0.29, 0.717) is 5.02 Å². The van der Waals surface area contributed by atoms with Gasteiger partial charge in [0.15, 0.2) is 0 Å². The predicted octanol–water partition coefficient (Wildman–Crippen LogP) is 4.18. The highest BCUT2D eigenvalue weighted by Crippen LogP contribution is 2.37. The Hall–Kier alpha value is -0.0500. The normalized spacial score (nSPS) is 14.1. The molecule has 0 spiro atoms. The highest BCUT2D eigenvalue weighted by Gasteiger charge is 2.25. The zero-order valence-electron chi connectivity index (χ0n) is 8.51. The number of aliphatic hydroxyl groups excluding tert-OH is 1. The fourth-order valence-electron chi connectivity index (χ4n) is 1.19. The maximum Gasteiger partial charge on any atom is 0.0853 e. The summed E-state index contributed by atoms with van der Waals surface area (Å²) in [4.78, 5) is 0. The lowest BCUT2D eigenvalue weighted by molar-refractivity contribution is 0.0627. The van der Waals surface area contributed by atoms with Crippen molar-refractivity contribution in [1.29, 1.82) is 0 Å². The summed E-state index contributed by atoms with van der Waals surface area (Å²) in [5, 5.41) is 10.7. The van der Waals surface area contributed by atoms with Crippen LogP contribution in [-0.4, -0.2) is 5.11 Å². The molecule has 1 N–H and O–H groups in total. The van der Waals surface area contributed by atoms with Crippen molar-refractivity contribution in [2.24, 2.45) is 5.41 Å². The van der Waals surface area contributed by atoms with E-state index in [4.69, 9.17) is 11.6 Å². The summed E-state index contributed by atoms with van der Waals surface area (Å²) < 4.78 is 0.931. The molecule has 1 aromatic carbocycles. The summed E-state index contributed by atoms with van der Waals surface area (Å²) in [6.07, 6.45) is -0.549. The van der Waals surface area contributed by atoms with E-state index in [1.54, 1.807) is 6.07 Å². The third kappa shape index (κ3) is 2.72. The highest BCUT2D eigenvalue weighted by molar-refractivity contribution is 9.10. The van der Waals surface area contributed by atoms with Crippen LogP contribution in [0.15, 0.2) is 22.7 Å². The van der Waals surface area contributed by atoms with Crippen LogP contribution in [0, 0.1) is 5.41 Å². The maximum absolute atomic E-state index is 10.1. The number of rotatable bonds is 1. The van der Waals surface area contributed by atoms with Gasteiger partial charge in [0.25, 0.3) is 0 Å². The minimum Gasteiger partial charge on any atom is -0.388 e. The summed E-state index contributed by atoms with van der Waals surface area (Å²) in [5.74, 6) is 0. The van der Waals surface area contributed by atoms with Gasteiger partial charge >= 0.3 is 0 Å². The van der Waals surface area contributed by atoms with Crippen molar-refractivity contribution in [3.8, 4) is 0 Å². The first-order valence-corrected chi connectivity index (χ1v) is 5.62. The third-order valence-corrected chi connectivity index (χ3v) is 2.91. The van der Waals surface area contributed by atoms with Gasteiger partial charge in [-0.1, -0.05) is 48.3 Å². The number of hydrogen-bond donors (Lipinski definition) is 1. The first kappa shape index (κ1) is 12.0. The van der Waals surface area contributed by atoms with Crippen LogP contribution in [0.2, 0.25) is 5.02 Å². The highest BCUT2D eigenvalue weighted by atomic mass is 79.9. The zero-order valence-corrected chi connectivity index (χ0v) is 10.9. The fourth-order valence-corrected chi connectivity index (χ4v) is 1.79. The van der Waals surface area contributed by atoms with Gasteiger partial charge in [0.2, 0.25) is 0 Å². The van der Waals surface area contributed by atoms with Crippen molar-refractivity contribution in [3.05, 3.63) is 33.3 Å². The summed E-state index contributed by atoms with van der Waals surface area (Å²) in [6.45, 7) is 5.94. The van der Waals surface area contributed by atoms with Gasteiger partial charge in [-0.2, -0.15) is 0 Å². The Morgan fingerprint density at radius 3 is 2.43 bits per heavy atom. The fraction of sp³-hybridized carbons (Fsp3) is 0.455. The molecule has 0 aliphatic carbocycles. The largest absolute Gasteiger partial charge is 0.388 e. The maximum atomic E-state index is 10.1. The van der Waals surface area contributed by atoms with Crippen LogP contribution in [-0.2, 0) is 0 Å². The van der Waals surface area contributed by atoms with E-state index < -0.39 is 6.10 Å². The van der Waals surface area contributed by atoms with E-state index in [2.05, 4.69) is 15.9 Å². The third-order valence-electron chi connectivity index (χ3n) is 2.07. The molecule has 0 aliphatic rings. The Labute approximate surface area is 98.2 Å². The molecule has 0 aromatic heterocycles. The summed E-state index contributed by atoms with van der Waals surface area (Å²) >= 11 is 9.38. The summed E-state index contributed by atoms with van der Waals surface area (Å²) in [7, 11) is 0. The van der Waals surface area contributed by atoms with Crippen LogP contribution in [0.25, 0.3) is 0 Å². The lowest BCUT2D eigenvalue weighted by atomic mass is 9.85. The monoisotopic (exact) mass is 276 g/mol. The topological polar surface area (TPSA) is 20.2 Å². The Balaban J connectivity index is 3.12. The molecule has 78 valence electrons. The van der Waals surface area contributed by atoms with Crippen LogP contribution < -0.4 is 0 Å². The predicted molar refractivity (Wildman–Crippen MR) is 63.6 cm³/mol. The molecule has 0 radical (unpaired) electrons. The number of hydrogen-bond acceptors (Lipinski definition) is 1. The molecule has 0 saturated heterocycles. The van der Waals surface area contributed by atoms with Gasteiger partial charge in [0.1, 0.15) is 0 Å². The van der Waals surface area contributed by atoms with Crippen LogP contribution in [0.1, 0.15) is 32.4 Å². The molecule has 0 bridgehead atoms. The molecule has 0 aliphatic heterocycles. The van der Waals surface area contributed by atoms with E-state index in [-0.39, 0.29) is 5.41 Å². The standard InChI is InChI=1S/C11H14BrClO/c1-11(2,3)10(14)8-6-7(12)4-5-9(8)13/h4-6,10,14H,1-3H3. The molecule has 0 heterocycles. The van der Waals surface area contributed by atoms with E-state index in [1.165, 1.54) is 0 Å². The van der Waals surface area contributed by atoms with E-state index in [9.17, 15) is 5.11 Å². The van der Waals surface area contributed by atoms with Gasteiger partial charge in [-0.25, -0.2) is 0 Å². The average molecular weight is 278 g/mol. The second kappa shape index (κ2) is 4.21. The van der Waals surface area contributed by atoms with E-state index in [0.717, 1.165) is 10.0 Å². The van der Waals surface area contributed by atoms with E-state index in [1.807, 2.05) is 32.9 Å². The van der Waals surface area contributed by atoms with Gasteiger partial charge < -0.3 is 5.11 Å². The summed E-state index contributed by atoms with van der Waals surface area (Å²) in [5.41, 5.74) is 0.568. The molecule has 0 amide bonds. The van der Waals surface area contributed by atoms with Crippen molar-refractivity contribution in [3.63, 3.8) is 0 Å². The second-order valence-corrected chi connectivity index (χ2v) is 5.76. The van der Waals surface area contributed by atoms with Crippen molar-refractivity contribution < 1.29 is 5.11 Å². The first-order valence-electron chi connectivity index (χ1n) is 4.45. The number of aliphatic hydroxyl groups is 1. The smallest absolute Gasteiger partial charge is 0.0853 e. The molecule has 14 heavy (non-hydrogen) atoms. The first-order chi connectivity index (χ1) is 6.32. The molecule has 1 aromatic rings. The molecule has 0 saturated carbocycles. The molecule has 1 unspecified atom stereocenters. The average Bonchev–Trinajstić information content (AvgIpc) is 2.06. The molecular formula is C11H14BrClO. The Bertz CT molecular complexity index is 331. The van der Waals surface area contributed by atoms with Crippen molar-refractivity contribution in [1.82, 2.24) is 0 Å². The van der Waals surface area contributed by atoms with Crippen molar-refractivity contribution in [2.75, 3.05) is 0 Å². The Morgan fingerprint density at radius 1 is 1.36 bits per heavy atom. The minimum absolute atomic E-state index is 0.204. The SMILES string of the molecule is CC(C)(C)C(O)c1cc(Br)ccc1Cl. The van der Waals surface area contributed by atoms with Gasteiger partial charge in [-0.05, 0) is 23.6 Å². The number of benzene rings is 1. The van der Waals surface area contributed by atoms with Crippen molar-refractivity contribution in [2.45, 2.75) is 26.9 Å². The molecule has 3 heteroatoms. The molecular weight excluding hydrogens is 263 g/mol. The minimum atomic E-state index is -0.549.